The second-order valence-corrected chi connectivity index (χ2v) is 8.09. The summed E-state index contributed by atoms with van der Waals surface area (Å²) in [5.74, 6) is -0.122. The quantitative estimate of drug-likeness (QED) is 0.307. The van der Waals surface area contributed by atoms with Crippen molar-refractivity contribution in [3.63, 3.8) is 0 Å². The predicted octanol–water partition coefficient (Wildman–Crippen LogP) is 6.64. The van der Waals surface area contributed by atoms with Crippen LogP contribution in [0.4, 0.5) is 5.00 Å². The topological polar surface area (TPSA) is 77.8 Å². The van der Waals surface area contributed by atoms with Crippen molar-refractivity contribution in [1.82, 2.24) is 0 Å². The van der Waals surface area contributed by atoms with Gasteiger partial charge in [0, 0.05) is 21.4 Å². The first kappa shape index (κ1) is 21.9. The summed E-state index contributed by atoms with van der Waals surface area (Å²) >= 11 is 7.26. The predicted molar refractivity (Wildman–Crippen MR) is 126 cm³/mol. The normalized spacial score (nSPS) is 10.8. The minimum atomic E-state index is -0.510. The van der Waals surface area contributed by atoms with Gasteiger partial charge in [-0.25, -0.2) is 4.79 Å². The number of hydrogen-bond acceptors (Lipinski definition) is 6. The Labute approximate surface area is 193 Å². The first-order chi connectivity index (χ1) is 15.5. The zero-order valence-electron chi connectivity index (χ0n) is 17.4. The summed E-state index contributed by atoms with van der Waals surface area (Å²) in [7, 11) is 0. The van der Waals surface area contributed by atoms with E-state index in [0.29, 0.717) is 33.3 Å². The van der Waals surface area contributed by atoms with Gasteiger partial charge in [-0.3, -0.25) is 4.79 Å². The molecule has 0 saturated carbocycles. The molecule has 1 N–H and O–H groups in total. The van der Waals surface area contributed by atoms with E-state index in [1.54, 1.807) is 31.2 Å². The zero-order chi connectivity index (χ0) is 22.7. The lowest BCUT2D eigenvalue weighted by atomic mass is 10.0. The lowest BCUT2D eigenvalue weighted by Gasteiger charge is -2.09. The van der Waals surface area contributed by atoms with Crippen LogP contribution in [0.5, 0.6) is 5.75 Å². The van der Waals surface area contributed by atoms with Crippen LogP contribution >= 0.6 is 22.9 Å². The number of furan rings is 1. The molecule has 2 aromatic carbocycles. The highest BCUT2D eigenvalue weighted by Crippen LogP contribution is 2.37. The summed E-state index contributed by atoms with van der Waals surface area (Å²) in [6.45, 7) is 4.43. The molecule has 0 bridgehead atoms. The summed E-state index contributed by atoms with van der Waals surface area (Å²) in [6, 6.07) is 14.1. The number of benzene rings is 2. The van der Waals surface area contributed by atoms with Crippen molar-refractivity contribution in [2.75, 3.05) is 18.5 Å². The Morgan fingerprint density at radius 1 is 1.06 bits per heavy atom. The molecule has 164 valence electrons. The Bertz CT molecular complexity index is 1280. The third-order valence-corrected chi connectivity index (χ3v) is 5.81. The number of carbonyl (C=O) groups excluding carboxylic acids is 2. The van der Waals surface area contributed by atoms with Gasteiger partial charge >= 0.3 is 5.97 Å². The Kier molecular flexibility index (Phi) is 6.48. The van der Waals surface area contributed by atoms with Crippen molar-refractivity contribution in [3.8, 4) is 16.9 Å². The molecule has 0 atom stereocenters. The molecular formula is C24H20ClNO5S. The Hall–Kier alpha value is -3.29. The smallest absolute Gasteiger partial charge is 0.341 e. The van der Waals surface area contributed by atoms with Gasteiger partial charge in [-0.15, -0.1) is 11.3 Å². The van der Waals surface area contributed by atoms with E-state index < -0.39 is 11.9 Å². The average Bonchev–Trinajstić information content (AvgIpc) is 3.38. The van der Waals surface area contributed by atoms with E-state index in [0.717, 1.165) is 16.7 Å². The monoisotopic (exact) mass is 469 g/mol. The van der Waals surface area contributed by atoms with Crippen molar-refractivity contribution in [2.24, 2.45) is 0 Å². The molecule has 0 aliphatic carbocycles. The summed E-state index contributed by atoms with van der Waals surface area (Å²) < 4.78 is 16.4. The van der Waals surface area contributed by atoms with Crippen LogP contribution in [-0.2, 0) is 4.74 Å². The van der Waals surface area contributed by atoms with E-state index >= 15 is 0 Å². The lowest BCUT2D eigenvalue weighted by Crippen LogP contribution is -2.14. The number of hydrogen-bond donors (Lipinski definition) is 1. The van der Waals surface area contributed by atoms with Gasteiger partial charge in [0.15, 0.2) is 5.76 Å². The van der Waals surface area contributed by atoms with E-state index in [4.69, 9.17) is 25.5 Å². The number of ether oxygens (including phenoxy) is 2. The van der Waals surface area contributed by atoms with Crippen LogP contribution in [0.25, 0.3) is 22.1 Å². The molecule has 6 nitrogen and oxygen atoms in total. The number of halogens is 1. The number of fused-ring (bicyclic) bond motifs is 1. The highest BCUT2D eigenvalue weighted by Gasteiger charge is 2.24. The Morgan fingerprint density at radius 3 is 2.56 bits per heavy atom. The number of nitrogens with one attached hydrogen (secondary N) is 1. The number of anilines is 1. The maximum absolute atomic E-state index is 12.9. The maximum Gasteiger partial charge on any atom is 0.341 e. The van der Waals surface area contributed by atoms with Gasteiger partial charge in [0.1, 0.15) is 21.9 Å². The van der Waals surface area contributed by atoms with Crippen LogP contribution in [0.3, 0.4) is 0 Å². The fourth-order valence-corrected chi connectivity index (χ4v) is 4.39. The molecule has 2 heterocycles. The standard InChI is InChI=1S/C24H20ClNO5S/c1-3-29-17-8-5-14(6-9-17)18-13-32-23(21(18)24(28)30-4-2)26-22(27)20-12-15-11-16(25)7-10-19(15)31-20/h5-13H,3-4H2,1-2H3,(H,26,27). The summed E-state index contributed by atoms with van der Waals surface area (Å²) in [6.07, 6.45) is 0. The minimum Gasteiger partial charge on any atom is -0.494 e. The number of thiophene rings is 1. The Morgan fingerprint density at radius 2 is 1.84 bits per heavy atom. The van der Waals surface area contributed by atoms with Crippen LogP contribution in [0.15, 0.2) is 58.3 Å². The average molecular weight is 470 g/mol. The largest absolute Gasteiger partial charge is 0.494 e. The molecule has 1 amide bonds. The van der Waals surface area contributed by atoms with Gasteiger partial charge < -0.3 is 19.2 Å². The van der Waals surface area contributed by atoms with Crippen LogP contribution in [-0.4, -0.2) is 25.1 Å². The number of esters is 1. The molecule has 4 rings (SSSR count). The molecule has 2 aromatic heterocycles. The summed E-state index contributed by atoms with van der Waals surface area (Å²) in [4.78, 5) is 25.6. The minimum absolute atomic E-state index is 0.119. The maximum atomic E-state index is 12.9. The van der Waals surface area contributed by atoms with E-state index in [-0.39, 0.29) is 12.4 Å². The van der Waals surface area contributed by atoms with E-state index in [2.05, 4.69) is 5.32 Å². The highest BCUT2D eigenvalue weighted by atomic mass is 35.5. The van der Waals surface area contributed by atoms with E-state index in [1.165, 1.54) is 11.3 Å². The molecule has 0 aliphatic heterocycles. The van der Waals surface area contributed by atoms with Crippen molar-refractivity contribution >= 4 is 50.8 Å². The van der Waals surface area contributed by atoms with E-state index in [1.807, 2.05) is 36.6 Å². The second kappa shape index (κ2) is 9.46. The molecule has 0 spiro atoms. The van der Waals surface area contributed by atoms with Gasteiger partial charge in [-0.2, -0.15) is 0 Å². The number of carbonyl (C=O) groups is 2. The van der Waals surface area contributed by atoms with Crippen LogP contribution in [0.1, 0.15) is 34.8 Å². The van der Waals surface area contributed by atoms with E-state index in [9.17, 15) is 9.59 Å². The molecule has 4 aromatic rings. The molecule has 32 heavy (non-hydrogen) atoms. The zero-order valence-corrected chi connectivity index (χ0v) is 19.0. The molecular weight excluding hydrogens is 450 g/mol. The first-order valence-corrected chi connectivity index (χ1v) is 11.3. The summed E-state index contributed by atoms with van der Waals surface area (Å²) in [5.41, 5.74) is 2.33. The van der Waals surface area contributed by atoms with Gasteiger partial charge in [-0.1, -0.05) is 23.7 Å². The number of amides is 1. The Balaban J connectivity index is 1.66. The SMILES string of the molecule is CCOC(=O)c1c(-c2ccc(OCC)cc2)csc1NC(=O)c1cc2cc(Cl)ccc2o1. The fourth-order valence-electron chi connectivity index (χ4n) is 3.26. The third-order valence-electron chi connectivity index (χ3n) is 4.68. The third kappa shape index (κ3) is 4.49. The van der Waals surface area contributed by atoms with Crippen LogP contribution < -0.4 is 10.1 Å². The number of rotatable bonds is 7. The molecule has 0 aliphatic rings. The van der Waals surface area contributed by atoms with Crippen molar-refractivity contribution in [2.45, 2.75) is 13.8 Å². The van der Waals surface area contributed by atoms with Crippen molar-refractivity contribution in [3.05, 3.63) is 70.3 Å². The van der Waals surface area contributed by atoms with Gasteiger partial charge in [0.25, 0.3) is 5.91 Å². The van der Waals surface area contributed by atoms with Crippen molar-refractivity contribution in [1.29, 1.82) is 0 Å². The lowest BCUT2D eigenvalue weighted by molar-refractivity contribution is 0.0529. The van der Waals surface area contributed by atoms with Gasteiger partial charge in [0.2, 0.25) is 0 Å². The molecule has 0 saturated heterocycles. The summed E-state index contributed by atoms with van der Waals surface area (Å²) in [5, 5.41) is 6.26. The van der Waals surface area contributed by atoms with Crippen LogP contribution in [0, 0.1) is 0 Å². The molecule has 0 radical (unpaired) electrons. The van der Waals surface area contributed by atoms with Gasteiger partial charge in [0.05, 0.1) is 13.2 Å². The first-order valence-electron chi connectivity index (χ1n) is 10.0. The highest BCUT2D eigenvalue weighted by molar-refractivity contribution is 7.15. The molecule has 8 heteroatoms. The molecule has 0 unspecified atom stereocenters. The second-order valence-electron chi connectivity index (χ2n) is 6.78. The van der Waals surface area contributed by atoms with Crippen LogP contribution in [0.2, 0.25) is 5.02 Å². The van der Waals surface area contributed by atoms with Crippen molar-refractivity contribution < 1.29 is 23.5 Å². The fraction of sp³-hybridized carbons (Fsp3) is 0.167. The van der Waals surface area contributed by atoms with Gasteiger partial charge in [-0.05, 0) is 55.8 Å². The molecule has 0 fully saturated rings.